The number of nitrogens with one attached hydrogen (secondary N) is 4. The third-order valence-corrected chi connectivity index (χ3v) is 6.93. The topological polar surface area (TPSA) is 181 Å². The minimum Gasteiger partial charge on any atom is -0.467 e. The van der Waals surface area contributed by atoms with Gasteiger partial charge in [-0.3, -0.25) is 9.59 Å². The van der Waals surface area contributed by atoms with Crippen molar-refractivity contribution in [1.82, 2.24) is 21.3 Å². The fraction of sp³-hybridized carbons (Fsp3) is 0.846. The van der Waals surface area contributed by atoms with E-state index in [1.807, 2.05) is 0 Å². The molecule has 2 amide bonds. The highest BCUT2D eigenvalue weighted by Crippen LogP contribution is 2.18. The molecule has 0 aromatic heterocycles. The summed E-state index contributed by atoms with van der Waals surface area (Å²) >= 11 is 0. The maximum atomic E-state index is 13.7. The average molecular weight is 591 g/mol. The number of carbonyl (C=O) groups is 4. The van der Waals surface area contributed by atoms with Crippen molar-refractivity contribution in [3.8, 4) is 0 Å². The molecular formula is C26H46N4O11. The van der Waals surface area contributed by atoms with E-state index >= 15 is 0 Å². The molecule has 0 aromatic carbocycles. The van der Waals surface area contributed by atoms with Crippen LogP contribution < -0.4 is 21.3 Å². The number of fused-ring (bicyclic) bond motifs is 22. The molecule has 4 atom stereocenters. The Kier molecular flexibility index (Phi) is 13.3. The van der Waals surface area contributed by atoms with Gasteiger partial charge in [0, 0.05) is 26.2 Å². The maximum Gasteiger partial charge on any atom is 0.332 e. The summed E-state index contributed by atoms with van der Waals surface area (Å²) in [5.74, 6) is -2.63. The van der Waals surface area contributed by atoms with E-state index in [0.29, 0.717) is 26.4 Å². The van der Waals surface area contributed by atoms with Gasteiger partial charge in [-0.1, -0.05) is 0 Å². The molecule has 3 fully saturated rings. The molecule has 41 heavy (non-hydrogen) atoms. The van der Waals surface area contributed by atoms with Gasteiger partial charge in [0.15, 0.2) is 11.2 Å². The lowest BCUT2D eigenvalue weighted by molar-refractivity contribution is -0.159. The molecule has 15 nitrogen and oxygen atoms in total. The molecule has 3 aliphatic rings. The van der Waals surface area contributed by atoms with Crippen LogP contribution in [0.4, 0.5) is 0 Å². The molecule has 0 aromatic rings. The first kappa shape index (κ1) is 34.8. The normalized spacial score (nSPS) is 34.3. The zero-order valence-corrected chi connectivity index (χ0v) is 25.0. The van der Waals surface area contributed by atoms with Crippen molar-refractivity contribution < 1.29 is 52.3 Å². The molecule has 15 heteroatoms. The van der Waals surface area contributed by atoms with Gasteiger partial charge in [0.2, 0.25) is 0 Å². The second-order valence-electron chi connectivity index (χ2n) is 10.8. The summed E-state index contributed by atoms with van der Waals surface area (Å²) in [6.07, 6.45) is 0. The Bertz CT molecular complexity index is 839. The number of hydrogen-bond acceptors (Lipinski definition) is 13. The first-order chi connectivity index (χ1) is 19.3. The maximum absolute atomic E-state index is 13.7. The molecule has 0 spiro atoms. The number of methoxy groups -OCH3 is 2. The lowest BCUT2D eigenvalue weighted by atomic mass is 9.95. The van der Waals surface area contributed by atoms with E-state index in [-0.39, 0.29) is 52.6 Å². The van der Waals surface area contributed by atoms with Gasteiger partial charge in [-0.15, -0.1) is 0 Å². The lowest BCUT2D eigenvalue weighted by Crippen LogP contribution is -2.68. The first-order valence-electron chi connectivity index (χ1n) is 13.6. The van der Waals surface area contributed by atoms with Crippen molar-refractivity contribution in [3.05, 3.63) is 0 Å². The van der Waals surface area contributed by atoms with Crippen LogP contribution in [0.3, 0.4) is 0 Å². The van der Waals surface area contributed by atoms with Crippen LogP contribution >= 0.6 is 0 Å². The Balaban J connectivity index is 2.51. The van der Waals surface area contributed by atoms with Gasteiger partial charge >= 0.3 is 11.9 Å². The Morgan fingerprint density at radius 1 is 0.585 bits per heavy atom. The minimum absolute atomic E-state index is 0.0442. The Labute approximate surface area is 240 Å². The molecule has 0 radical (unpaired) electrons. The van der Waals surface area contributed by atoms with Crippen molar-refractivity contribution >= 4 is 23.8 Å². The van der Waals surface area contributed by atoms with E-state index in [4.69, 9.17) is 33.2 Å². The zero-order valence-electron chi connectivity index (χ0n) is 25.0. The monoisotopic (exact) mass is 590 g/mol. The molecule has 3 heterocycles. The smallest absolute Gasteiger partial charge is 0.332 e. The third kappa shape index (κ3) is 9.84. The van der Waals surface area contributed by atoms with E-state index < -0.39 is 46.0 Å². The highest BCUT2D eigenvalue weighted by atomic mass is 16.6. The predicted molar refractivity (Wildman–Crippen MR) is 144 cm³/mol. The van der Waals surface area contributed by atoms with Gasteiger partial charge in [-0.05, 0) is 27.7 Å². The number of ether oxygens (including phenoxy) is 7. The number of rotatable bonds is 2. The second-order valence-corrected chi connectivity index (χ2v) is 10.8. The van der Waals surface area contributed by atoms with E-state index in [1.54, 1.807) is 13.8 Å². The molecule has 0 aliphatic carbocycles. The van der Waals surface area contributed by atoms with Gasteiger partial charge < -0.3 is 54.4 Å². The largest absolute Gasteiger partial charge is 0.467 e. The van der Waals surface area contributed by atoms with Crippen LogP contribution in [0.15, 0.2) is 0 Å². The van der Waals surface area contributed by atoms with Crippen LogP contribution in [0, 0.1) is 0 Å². The van der Waals surface area contributed by atoms with Crippen LogP contribution in [0.1, 0.15) is 27.7 Å². The van der Waals surface area contributed by atoms with Crippen molar-refractivity contribution in [1.29, 1.82) is 0 Å². The number of hydrogen-bond donors (Lipinski definition) is 4. The molecule has 3 rings (SSSR count). The highest BCUT2D eigenvalue weighted by molar-refractivity contribution is 5.93. The third-order valence-electron chi connectivity index (χ3n) is 6.93. The summed E-state index contributed by atoms with van der Waals surface area (Å²) in [6, 6.07) is 0. The lowest BCUT2D eigenvalue weighted by Gasteiger charge is -2.39. The van der Waals surface area contributed by atoms with Crippen LogP contribution in [0.2, 0.25) is 0 Å². The first-order valence-corrected chi connectivity index (χ1v) is 13.6. The molecule has 3 saturated heterocycles. The summed E-state index contributed by atoms with van der Waals surface area (Å²) in [5.41, 5.74) is -6.11. The number of esters is 2. The molecular weight excluding hydrogens is 544 g/mol. The summed E-state index contributed by atoms with van der Waals surface area (Å²) in [5, 5.41) is 11.6. The van der Waals surface area contributed by atoms with Gasteiger partial charge in [0.05, 0.1) is 67.1 Å². The van der Waals surface area contributed by atoms with Crippen molar-refractivity contribution in [2.75, 3.05) is 93.3 Å². The number of carbonyl (C=O) groups excluding carboxylic acids is 4. The van der Waals surface area contributed by atoms with Crippen molar-refractivity contribution in [3.63, 3.8) is 0 Å². The van der Waals surface area contributed by atoms with Gasteiger partial charge in [0.25, 0.3) is 11.8 Å². The second kappa shape index (κ2) is 15.7. The summed E-state index contributed by atoms with van der Waals surface area (Å²) in [7, 11) is 2.43. The SMILES string of the molecule is COC(=O)C1(C)CNCC2(C)OCCOCCOCCOCCOC(C)(CNCC(C)(C(=O)OC)NC2=O)C(=O)N1. The molecule has 0 saturated carbocycles. The van der Waals surface area contributed by atoms with Crippen molar-refractivity contribution in [2.45, 2.75) is 50.0 Å². The van der Waals surface area contributed by atoms with E-state index in [9.17, 15) is 19.2 Å². The fourth-order valence-corrected chi connectivity index (χ4v) is 4.24. The molecule has 4 unspecified atom stereocenters. The fourth-order valence-electron chi connectivity index (χ4n) is 4.24. The molecule has 4 N–H and O–H groups in total. The standard InChI is InChI=1S/C26H46N4O11/c1-23(21(33)35-5)15-27-17-26(4)20(32)30-24(2,22(34)36-6)16-28-18-25(3,19(31)29-23)40-13-11-38-9-7-37-8-10-39-12-14-41-26/h27-28H,7-18H2,1-6H3,(H,29,31)(H,30,32). The molecule has 3 aliphatic heterocycles. The molecule has 236 valence electrons. The summed E-state index contributed by atoms with van der Waals surface area (Å²) in [4.78, 5) is 53.0. The van der Waals surface area contributed by atoms with Gasteiger partial charge in [-0.2, -0.15) is 0 Å². The summed E-state index contributed by atoms with van der Waals surface area (Å²) in [6.45, 7) is 7.39. The predicted octanol–water partition coefficient (Wildman–Crippen LogP) is -2.11. The minimum atomic E-state index is -1.53. The van der Waals surface area contributed by atoms with Crippen LogP contribution in [-0.4, -0.2) is 139 Å². The van der Waals surface area contributed by atoms with Gasteiger partial charge in [0.1, 0.15) is 11.1 Å². The Morgan fingerprint density at radius 2 is 0.902 bits per heavy atom. The van der Waals surface area contributed by atoms with Crippen LogP contribution in [0.25, 0.3) is 0 Å². The number of amides is 2. The Morgan fingerprint density at radius 3 is 1.22 bits per heavy atom. The Hall–Kier alpha value is -2.40. The zero-order chi connectivity index (χ0) is 30.6. The van der Waals surface area contributed by atoms with E-state index in [0.717, 1.165) is 0 Å². The molecule has 2 bridgehead atoms. The van der Waals surface area contributed by atoms with E-state index in [2.05, 4.69) is 21.3 Å². The van der Waals surface area contributed by atoms with Crippen LogP contribution in [-0.2, 0) is 52.3 Å². The van der Waals surface area contributed by atoms with Gasteiger partial charge in [-0.25, -0.2) is 9.59 Å². The highest BCUT2D eigenvalue weighted by Gasteiger charge is 2.47. The average Bonchev–Trinajstić information content (AvgIpc) is 2.93. The quantitative estimate of drug-likeness (QED) is 0.203. The van der Waals surface area contributed by atoms with E-state index in [1.165, 1.54) is 28.1 Å². The van der Waals surface area contributed by atoms with Crippen LogP contribution in [0.5, 0.6) is 0 Å². The van der Waals surface area contributed by atoms with Crippen molar-refractivity contribution in [2.24, 2.45) is 0 Å². The summed E-state index contributed by atoms with van der Waals surface area (Å²) < 4.78 is 38.5.